The zero-order valence-corrected chi connectivity index (χ0v) is 22.8. The molecule has 6 rings (SSSR count). The van der Waals surface area contributed by atoms with Gasteiger partial charge in [-0.2, -0.15) is 0 Å². The highest BCUT2D eigenvalue weighted by Gasteiger charge is 2.55. The molecule has 0 spiro atoms. The fourth-order valence-corrected chi connectivity index (χ4v) is 7.01. The van der Waals surface area contributed by atoms with Crippen molar-refractivity contribution in [3.8, 4) is 0 Å². The van der Waals surface area contributed by atoms with E-state index >= 15 is 0 Å². The SMILES string of the molecule is CC(C)O.CC12CC=C3C=C4CC(O)CCC4CC[C@]3(O)C1CC=C2c1ccc2ccncc2c1.CN. The van der Waals surface area contributed by atoms with Crippen LogP contribution in [-0.4, -0.2) is 45.2 Å². The molecule has 4 aliphatic carbocycles. The van der Waals surface area contributed by atoms with Gasteiger partial charge in [0, 0.05) is 35.2 Å². The quantitative estimate of drug-likeness (QED) is 0.408. The van der Waals surface area contributed by atoms with Crippen molar-refractivity contribution >= 4 is 16.3 Å². The van der Waals surface area contributed by atoms with Crippen LogP contribution in [-0.2, 0) is 0 Å². The molecule has 0 radical (unpaired) electrons. The van der Waals surface area contributed by atoms with Gasteiger partial charge in [0.05, 0.1) is 11.7 Å². The first-order valence-electron chi connectivity index (χ1n) is 13.8. The standard InChI is InChI=1S/C28H31NO2.C3H8O.CH5N/c1-27-11-9-23-15-21-16-24(30)5-4-18(21)8-12-28(23,31)26(27)7-6-25(27)20-3-2-19-10-13-29-17-22(19)14-20;1-3(2)4;1-2/h2-3,6,9-10,13-15,17-18,24,26,30-31H,4-5,7-8,11-12,16H2,1H3;3-4H,1-2H3;2H2,1H3/t18?,24?,26?,27?,28-;;/m1../s1. The fourth-order valence-electron chi connectivity index (χ4n) is 7.01. The summed E-state index contributed by atoms with van der Waals surface area (Å²) in [4.78, 5) is 4.30. The topological polar surface area (TPSA) is 99.6 Å². The van der Waals surface area contributed by atoms with Crippen LogP contribution < -0.4 is 5.73 Å². The highest BCUT2D eigenvalue weighted by molar-refractivity contribution is 5.87. The van der Waals surface area contributed by atoms with E-state index in [-0.39, 0.29) is 23.5 Å². The lowest BCUT2D eigenvalue weighted by Crippen LogP contribution is -2.48. The van der Waals surface area contributed by atoms with Gasteiger partial charge in [0.2, 0.25) is 0 Å². The number of hydrogen-bond donors (Lipinski definition) is 4. The Morgan fingerprint density at radius 1 is 1.05 bits per heavy atom. The minimum Gasteiger partial charge on any atom is -0.394 e. The van der Waals surface area contributed by atoms with Crippen LogP contribution in [0, 0.1) is 17.3 Å². The minimum atomic E-state index is -0.779. The molecule has 5 nitrogen and oxygen atoms in total. The van der Waals surface area contributed by atoms with Gasteiger partial charge in [-0.3, -0.25) is 4.98 Å². The molecule has 37 heavy (non-hydrogen) atoms. The molecule has 1 aromatic heterocycles. The third kappa shape index (κ3) is 5.33. The molecule has 0 bridgehead atoms. The number of rotatable bonds is 1. The van der Waals surface area contributed by atoms with Crippen molar-refractivity contribution in [2.45, 2.75) is 83.5 Å². The lowest BCUT2D eigenvalue weighted by molar-refractivity contribution is -0.0330. The second-order valence-corrected chi connectivity index (χ2v) is 11.5. The zero-order valence-electron chi connectivity index (χ0n) is 22.8. The maximum Gasteiger partial charge on any atom is 0.0933 e. The van der Waals surface area contributed by atoms with Gasteiger partial charge in [-0.1, -0.05) is 42.9 Å². The molecule has 1 aromatic carbocycles. The molecule has 1 heterocycles. The second-order valence-electron chi connectivity index (χ2n) is 11.5. The highest BCUT2D eigenvalue weighted by atomic mass is 16.3. The van der Waals surface area contributed by atoms with Crippen LogP contribution in [0.2, 0.25) is 0 Å². The lowest BCUT2D eigenvalue weighted by Gasteiger charge is -2.48. The number of hydrogen-bond acceptors (Lipinski definition) is 5. The molecule has 1 saturated carbocycles. The van der Waals surface area contributed by atoms with E-state index in [2.05, 4.69) is 60.1 Å². The van der Waals surface area contributed by atoms with Crippen molar-refractivity contribution in [1.82, 2.24) is 4.98 Å². The minimum absolute atomic E-state index is 0.0678. The molecule has 1 fully saturated rings. The molecule has 200 valence electrons. The molecule has 0 saturated heterocycles. The molecule has 5 heteroatoms. The Balaban J connectivity index is 0.000000490. The van der Waals surface area contributed by atoms with Gasteiger partial charge in [0.15, 0.2) is 0 Å². The average molecular weight is 505 g/mol. The van der Waals surface area contributed by atoms with Crippen molar-refractivity contribution in [3.05, 3.63) is 71.6 Å². The predicted molar refractivity (Wildman–Crippen MR) is 152 cm³/mol. The van der Waals surface area contributed by atoms with E-state index in [0.717, 1.165) is 50.5 Å². The van der Waals surface area contributed by atoms with Crippen molar-refractivity contribution in [2.24, 2.45) is 23.0 Å². The summed E-state index contributed by atoms with van der Waals surface area (Å²) in [6, 6.07) is 8.74. The van der Waals surface area contributed by atoms with E-state index in [9.17, 15) is 10.2 Å². The Morgan fingerprint density at radius 3 is 2.57 bits per heavy atom. The Morgan fingerprint density at radius 2 is 1.81 bits per heavy atom. The number of pyridine rings is 1. The van der Waals surface area contributed by atoms with Crippen LogP contribution >= 0.6 is 0 Å². The molecule has 5 N–H and O–H groups in total. The Hall–Kier alpha value is -2.31. The van der Waals surface area contributed by atoms with E-state index in [1.165, 1.54) is 34.5 Å². The first-order chi connectivity index (χ1) is 17.7. The fraction of sp³-hybridized carbons (Fsp3) is 0.531. The summed E-state index contributed by atoms with van der Waals surface area (Å²) < 4.78 is 0. The zero-order chi connectivity index (χ0) is 26.8. The van der Waals surface area contributed by atoms with Gasteiger partial charge in [0.1, 0.15) is 0 Å². The van der Waals surface area contributed by atoms with E-state index in [4.69, 9.17) is 5.11 Å². The van der Waals surface area contributed by atoms with Crippen LogP contribution in [0.1, 0.15) is 71.3 Å². The molecule has 5 atom stereocenters. The lowest BCUT2D eigenvalue weighted by atomic mass is 9.58. The monoisotopic (exact) mass is 504 g/mol. The van der Waals surface area contributed by atoms with E-state index in [1.54, 1.807) is 13.8 Å². The van der Waals surface area contributed by atoms with Crippen molar-refractivity contribution in [2.75, 3.05) is 7.05 Å². The second kappa shape index (κ2) is 11.2. The third-order valence-corrected chi connectivity index (χ3v) is 8.77. The van der Waals surface area contributed by atoms with Crippen molar-refractivity contribution in [1.29, 1.82) is 0 Å². The third-order valence-electron chi connectivity index (χ3n) is 8.77. The Kier molecular flexibility index (Phi) is 8.39. The number of aliphatic hydroxyl groups excluding tert-OH is 2. The molecule has 0 aliphatic heterocycles. The van der Waals surface area contributed by atoms with E-state index < -0.39 is 5.60 Å². The number of aliphatic hydroxyl groups is 3. The number of fused-ring (bicyclic) bond motifs is 5. The first-order valence-corrected chi connectivity index (χ1v) is 13.8. The number of allylic oxidation sites excluding steroid dienone is 3. The number of nitrogens with two attached hydrogens (primary N) is 1. The summed E-state index contributed by atoms with van der Waals surface area (Å²) in [5.41, 5.74) is 8.75. The Bertz CT molecular complexity index is 1200. The van der Waals surface area contributed by atoms with Crippen LogP contribution in [0.4, 0.5) is 0 Å². The summed E-state index contributed by atoms with van der Waals surface area (Å²) in [6.45, 7) is 5.80. The van der Waals surface area contributed by atoms with Gasteiger partial charge in [-0.05, 0) is 106 Å². The first kappa shape index (κ1) is 27.7. The molecule has 0 amide bonds. The number of aromatic nitrogens is 1. The normalized spacial score (nSPS) is 32.2. The van der Waals surface area contributed by atoms with E-state index in [0.29, 0.717) is 5.92 Å². The number of nitrogens with zero attached hydrogens (tertiary/aromatic N) is 1. The summed E-state index contributed by atoms with van der Waals surface area (Å²) in [6.07, 6.45) is 16.8. The average Bonchev–Trinajstić information content (AvgIpc) is 3.17. The van der Waals surface area contributed by atoms with Gasteiger partial charge >= 0.3 is 0 Å². The van der Waals surface area contributed by atoms with Gasteiger partial charge < -0.3 is 21.1 Å². The Labute approximate surface area is 221 Å². The summed E-state index contributed by atoms with van der Waals surface area (Å²) in [5.74, 6) is 0.716. The summed E-state index contributed by atoms with van der Waals surface area (Å²) in [7, 11) is 1.50. The molecule has 2 aromatic rings. The molecule has 4 unspecified atom stereocenters. The van der Waals surface area contributed by atoms with Gasteiger partial charge in [-0.25, -0.2) is 0 Å². The molecular formula is C32H44N2O3. The van der Waals surface area contributed by atoms with Crippen molar-refractivity contribution < 1.29 is 15.3 Å². The largest absolute Gasteiger partial charge is 0.394 e. The van der Waals surface area contributed by atoms with Crippen LogP contribution in [0.5, 0.6) is 0 Å². The number of benzene rings is 1. The van der Waals surface area contributed by atoms with Crippen LogP contribution in [0.3, 0.4) is 0 Å². The predicted octanol–water partition coefficient (Wildman–Crippen LogP) is 5.55. The van der Waals surface area contributed by atoms with Crippen LogP contribution in [0.15, 0.2) is 66.0 Å². The van der Waals surface area contributed by atoms with Gasteiger partial charge in [0.25, 0.3) is 0 Å². The van der Waals surface area contributed by atoms with Crippen LogP contribution in [0.25, 0.3) is 16.3 Å². The van der Waals surface area contributed by atoms with Crippen molar-refractivity contribution in [3.63, 3.8) is 0 Å². The maximum atomic E-state index is 12.1. The van der Waals surface area contributed by atoms with E-state index in [1.807, 2.05) is 12.4 Å². The maximum absolute atomic E-state index is 12.1. The highest BCUT2D eigenvalue weighted by Crippen LogP contribution is 2.61. The summed E-state index contributed by atoms with van der Waals surface area (Å²) >= 11 is 0. The van der Waals surface area contributed by atoms with Gasteiger partial charge in [-0.15, -0.1) is 0 Å². The molecular weight excluding hydrogens is 460 g/mol. The molecule has 4 aliphatic rings. The summed E-state index contributed by atoms with van der Waals surface area (Å²) in [5, 5.41) is 32.8. The smallest absolute Gasteiger partial charge is 0.0933 e.